The zero-order valence-corrected chi connectivity index (χ0v) is 19.9. The van der Waals surface area contributed by atoms with E-state index in [2.05, 4.69) is 27.4 Å². The number of piperidine rings is 1. The fraction of sp³-hybridized carbons (Fsp3) is 0.407. The lowest BCUT2D eigenvalue weighted by atomic mass is 10.0. The number of aromatic nitrogens is 2. The molecule has 2 heterocycles. The second-order valence-corrected chi connectivity index (χ2v) is 8.76. The molecule has 1 aromatic heterocycles. The van der Waals surface area contributed by atoms with Crippen LogP contribution in [0.2, 0.25) is 0 Å². The summed E-state index contributed by atoms with van der Waals surface area (Å²) in [6.45, 7) is 6.73. The lowest BCUT2D eigenvalue weighted by molar-refractivity contribution is -0.120. The van der Waals surface area contributed by atoms with Gasteiger partial charge in [0.05, 0.1) is 31.0 Å². The van der Waals surface area contributed by atoms with E-state index in [4.69, 9.17) is 4.74 Å². The number of amides is 1. The quantitative estimate of drug-likeness (QED) is 0.558. The largest absolute Gasteiger partial charge is 0.497 e. The third kappa shape index (κ3) is 5.45. The van der Waals surface area contributed by atoms with Crippen LogP contribution in [-0.2, 0) is 11.2 Å². The second-order valence-electron chi connectivity index (χ2n) is 8.76. The maximum Gasteiger partial charge on any atom is 0.224 e. The van der Waals surface area contributed by atoms with Gasteiger partial charge in [0.2, 0.25) is 5.91 Å². The van der Waals surface area contributed by atoms with Crippen LogP contribution in [0.5, 0.6) is 5.75 Å². The molecule has 1 aliphatic heterocycles. The number of carbonyl (C=O) groups excluding carboxylic acids is 1. The molecule has 3 aromatic rings. The van der Waals surface area contributed by atoms with Gasteiger partial charge in [-0.2, -0.15) is 5.10 Å². The van der Waals surface area contributed by atoms with E-state index in [1.165, 1.54) is 24.8 Å². The molecule has 0 spiro atoms. The van der Waals surface area contributed by atoms with E-state index in [0.717, 1.165) is 41.5 Å². The molecule has 1 fully saturated rings. The van der Waals surface area contributed by atoms with Crippen molar-refractivity contribution in [1.29, 1.82) is 0 Å². The lowest BCUT2D eigenvalue weighted by Crippen LogP contribution is -2.41. The topological polar surface area (TPSA) is 59.4 Å². The summed E-state index contributed by atoms with van der Waals surface area (Å²) in [6.07, 6.45) is 4.03. The minimum atomic E-state index is 0.0318. The van der Waals surface area contributed by atoms with Crippen molar-refractivity contribution in [3.8, 4) is 11.4 Å². The summed E-state index contributed by atoms with van der Waals surface area (Å²) in [5, 5.41) is 7.89. The Morgan fingerprint density at radius 2 is 1.73 bits per heavy atom. The third-order valence-corrected chi connectivity index (χ3v) is 6.60. The number of ether oxygens (including phenoxy) is 1. The number of aryl methyl sites for hydroxylation is 1. The first-order valence-corrected chi connectivity index (χ1v) is 11.8. The molecule has 0 bridgehead atoms. The predicted molar refractivity (Wildman–Crippen MR) is 131 cm³/mol. The fourth-order valence-corrected chi connectivity index (χ4v) is 4.70. The SMILES string of the molecule is COc1ccc([C@H](CNC(=O)Cc2c(C)nn(-c3ccccc3)c2C)N2CCCCC2)cc1. The van der Waals surface area contributed by atoms with Gasteiger partial charge >= 0.3 is 0 Å². The van der Waals surface area contributed by atoms with Crippen LogP contribution in [0.15, 0.2) is 54.6 Å². The molecule has 1 atom stereocenters. The number of hydrogen-bond acceptors (Lipinski definition) is 4. The second kappa shape index (κ2) is 10.7. The number of hydrogen-bond donors (Lipinski definition) is 1. The highest BCUT2D eigenvalue weighted by atomic mass is 16.5. The van der Waals surface area contributed by atoms with Gasteiger partial charge in [0.25, 0.3) is 0 Å². The number of para-hydroxylation sites is 1. The van der Waals surface area contributed by atoms with Crippen molar-refractivity contribution in [2.75, 3.05) is 26.7 Å². The molecule has 2 aromatic carbocycles. The molecule has 0 aliphatic carbocycles. The van der Waals surface area contributed by atoms with Gasteiger partial charge in [0.1, 0.15) is 5.75 Å². The van der Waals surface area contributed by atoms with Crippen LogP contribution in [0.3, 0.4) is 0 Å². The van der Waals surface area contributed by atoms with Crippen molar-refractivity contribution in [1.82, 2.24) is 20.0 Å². The van der Waals surface area contributed by atoms with Crippen LogP contribution in [0.25, 0.3) is 5.69 Å². The van der Waals surface area contributed by atoms with E-state index < -0.39 is 0 Å². The summed E-state index contributed by atoms with van der Waals surface area (Å²) in [5.74, 6) is 0.880. The van der Waals surface area contributed by atoms with Crippen molar-refractivity contribution in [3.63, 3.8) is 0 Å². The van der Waals surface area contributed by atoms with Gasteiger partial charge in [-0.25, -0.2) is 4.68 Å². The number of nitrogens with one attached hydrogen (secondary N) is 1. The van der Waals surface area contributed by atoms with E-state index in [1.807, 2.05) is 61.0 Å². The first kappa shape index (κ1) is 23.1. The van der Waals surface area contributed by atoms with Gasteiger partial charge in [-0.3, -0.25) is 9.69 Å². The van der Waals surface area contributed by atoms with Gasteiger partial charge < -0.3 is 10.1 Å². The average molecular weight is 447 g/mol. The zero-order chi connectivity index (χ0) is 23.2. The predicted octanol–water partition coefficient (Wildman–Crippen LogP) is 4.38. The molecule has 6 nitrogen and oxygen atoms in total. The fourth-order valence-electron chi connectivity index (χ4n) is 4.70. The molecule has 1 saturated heterocycles. The van der Waals surface area contributed by atoms with Gasteiger partial charge in [-0.05, 0) is 69.6 Å². The van der Waals surface area contributed by atoms with E-state index in [-0.39, 0.29) is 11.9 Å². The number of carbonyl (C=O) groups is 1. The standard InChI is InChI=1S/C27H34N4O2/c1-20-25(21(2)31(29-20)23-10-6-4-7-11-23)18-27(32)28-19-26(30-16-8-5-9-17-30)22-12-14-24(33-3)15-13-22/h4,6-7,10-15,26H,5,8-9,16-19H2,1-3H3,(H,28,32)/t26-/m0/s1. The average Bonchev–Trinajstić information content (AvgIpc) is 3.14. The zero-order valence-electron chi connectivity index (χ0n) is 19.9. The van der Waals surface area contributed by atoms with Crippen LogP contribution >= 0.6 is 0 Å². The summed E-state index contributed by atoms with van der Waals surface area (Å²) in [4.78, 5) is 15.5. The van der Waals surface area contributed by atoms with Crippen molar-refractivity contribution in [2.24, 2.45) is 0 Å². The molecule has 0 unspecified atom stereocenters. The number of likely N-dealkylation sites (tertiary alicyclic amines) is 1. The van der Waals surface area contributed by atoms with E-state index in [1.54, 1.807) is 7.11 Å². The van der Waals surface area contributed by atoms with Crippen molar-refractivity contribution in [2.45, 2.75) is 45.6 Å². The minimum Gasteiger partial charge on any atom is -0.497 e. The smallest absolute Gasteiger partial charge is 0.224 e. The Labute approximate surface area is 196 Å². The summed E-state index contributed by atoms with van der Waals surface area (Å²) < 4.78 is 7.25. The molecule has 1 N–H and O–H groups in total. The Morgan fingerprint density at radius 3 is 2.39 bits per heavy atom. The Balaban J connectivity index is 1.46. The van der Waals surface area contributed by atoms with Crippen molar-refractivity contribution in [3.05, 3.63) is 77.1 Å². The van der Waals surface area contributed by atoms with E-state index in [0.29, 0.717) is 13.0 Å². The van der Waals surface area contributed by atoms with Gasteiger partial charge in [0, 0.05) is 17.8 Å². The van der Waals surface area contributed by atoms with Gasteiger partial charge in [-0.1, -0.05) is 36.8 Å². The molecule has 174 valence electrons. The first-order valence-electron chi connectivity index (χ1n) is 11.8. The lowest BCUT2D eigenvalue weighted by Gasteiger charge is -2.35. The van der Waals surface area contributed by atoms with Crippen LogP contribution in [-0.4, -0.2) is 47.3 Å². The molecule has 1 aliphatic rings. The summed E-state index contributed by atoms with van der Waals surface area (Å²) in [7, 11) is 1.68. The molecule has 33 heavy (non-hydrogen) atoms. The first-order chi connectivity index (χ1) is 16.1. The minimum absolute atomic E-state index is 0.0318. The van der Waals surface area contributed by atoms with Crippen LogP contribution < -0.4 is 10.1 Å². The van der Waals surface area contributed by atoms with E-state index in [9.17, 15) is 4.79 Å². The Hall–Kier alpha value is -3.12. The normalized spacial score (nSPS) is 15.2. The van der Waals surface area contributed by atoms with Gasteiger partial charge in [-0.15, -0.1) is 0 Å². The van der Waals surface area contributed by atoms with Crippen LogP contribution in [0, 0.1) is 13.8 Å². The molecule has 6 heteroatoms. The summed E-state index contributed by atoms with van der Waals surface area (Å²) in [6, 6.07) is 18.4. The number of rotatable bonds is 8. The Kier molecular flexibility index (Phi) is 7.45. The highest BCUT2D eigenvalue weighted by Gasteiger charge is 2.24. The number of methoxy groups -OCH3 is 1. The molecule has 1 amide bonds. The van der Waals surface area contributed by atoms with Crippen molar-refractivity contribution >= 4 is 5.91 Å². The van der Waals surface area contributed by atoms with Crippen LogP contribution in [0.4, 0.5) is 0 Å². The highest BCUT2D eigenvalue weighted by Crippen LogP contribution is 2.26. The summed E-state index contributed by atoms with van der Waals surface area (Å²) in [5.41, 5.74) is 5.12. The molecule has 4 rings (SSSR count). The maximum atomic E-state index is 13.0. The molecular weight excluding hydrogens is 412 g/mol. The third-order valence-electron chi connectivity index (χ3n) is 6.60. The van der Waals surface area contributed by atoms with Crippen LogP contribution in [0.1, 0.15) is 47.8 Å². The van der Waals surface area contributed by atoms with E-state index >= 15 is 0 Å². The molecule has 0 saturated carbocycles. The van der Waals surface area contributed by atoms with Gasteiger partial charge in [0.15, 0.2) is 0 Å². The molecular formula is C27H34N4O2. The molecule has 0 radical (unpaired) electrons. The Morgan fingerprint density at radius 1 is 1.03 bits per heavy atom. The van der Waals surface area contributed by atoms with Crippen molar-refractivity contribution < 1.29 is 9.53 Å². The highest BCUT2D eigenvalue weighted by molar-refractivity contribution is 5.79. The number of nitrogens with zero attached hydrogens (tertiary/aromatic N) is 3. The Bertz CT molecular complexity index is 1050. The monoisotopic (exact) mass is 446 g/mol. The maximum absolute atomic E-state index is 13.0. The summed E-state index contributed by atoms with van der Waals surface area (Å²) >= 11 is 0. The number of benzene rings is 2.